The van der Waals surface area contributed by atoms with E-state index in [9.17, 15) is 9.18 Å². The molecule has 0 spiro atoms. The monoisotopic (exact) mass is 430 g/mol. The molecule has 0 unspecified atom stereocenters. The van der Waals surface area contributed by atoms with Gasteiger partial charge in [0.05, 0.1) is 22.1 Å². The van der Waals surface area contributed by atoms with E-state index in [1.165, 1.54) is 29.8 Å². The Morgan fingerprint density at radius 2 is 2.03 bits per heavy atom. The number of aryl methyl sites for hydroxylation is 1. The van der Waals surface area contributed by atoms with E-state index in [0.29, 0.717) is 37.9 Å². The van der Waals surface area contributed by atoms with E-state index in [4.69, 9.17) is 15.2 Å². The summed E-state index contributed by atoms with van der Waals surface area (Å²) in [5, 5.41) is 3.94. The van der Waals surface area contributed by atoms with E-state index in [0.717, 1.165) is 25.7 Å². The highest BCUT2D eigenvalue weighted by molar-refractivity contribution is 7.20. The van der Waals surface area contributed by atoms with E-state index in [1.54, 1.807) is 20.1 Å². The van der Waals surface area contributed by atoms with Gasteiger partial charge in [0.25, 0.3) is 5.91 Å². The number of carbonyl (C=O) groups excluding carboxylic acids is 1. The second kappa shape index (κ2) is 8.53. The number of primary amides is 1. The first-order valence-electron chi connectivity index (χ1n) is 9.78. The van der Waals surface area contributed by atoms with Crippen molar-refractivity contribution in [2.75, 3.05) is 12.4 Å². The summed E-state index contributed by atoms with van der Waals surface area (Å²) in [6, 6.07) is 4.33. The summed E-state index contributed by atoms with van der Waals surface area (Å²) in [7, 11) is 1.67. The van der Waals surface area contributed by atoms with Gasteiger partial charge in [-0.3, -0.25) is 4.79 Å². The number of hydrogen-bond donors (Lipinski definition) is 2. The fraction of sp³-hybridized carbons (Fsp3) is 0.381. The van der Waals surface area contributed by atoms with Crippen LogP contribution in [0.25, 0.3) is 10.2 Å². The van der Waals surface area contributed by atoms with Gasteiger partial charge in [0.2, 0.25) is 0 Å². The number of nitrogens with zero attached hydrogens (tertiary/aromatic N) is 2. The third kappa shape index (κ3) is 3.95. The van der Waals surface area contributed by atoms with E-state index in [-0.39, 0.29) is 12.2 Å². The van der Waals surface area contributed by atoms with Gasteiger partial charge in [-0.25, -0.2) is 14.4 Å². The summed E-state index contributed by atoms with van der Waals surface area (Å²) in [6.45, 7) is 1.81. The predicted molar refractivity (Wildman–Crippen MR) is 114 cm³/mol. The molecule has 2 atom stereocenters. The van der Waals surface area contributed by atoms with Crippen LogP contribution < -0.4 is 15.8 Å². The van der Waals surface area contributed by atoms with Gasteiger partial charge >= 0.3 is 0 Å². The molecule has 4 rings (SSSR count). The minimum Gasteiger partial charge on any atom is -0.485 e. The van der Waals surface area contributed by atoms with Crippen LogP contribution in [0.3, 0.4) is 0 Å². The summed E-state index contributed by atoms with van der Waals surface area (Å²) in [5.74, 6) is -0.00517. The maximum atomic E-state index is 14.0. The summed E-state index contributed by atoms with van der Waals surface area (Å²) in [6.07, 6.45) is 5.12. The van der Waals surface area contributed by atoms with Crippen LogP contribution in [0.15, 0.2) is 24.5 Å². The van der Waals surface area contributed by atoms with Gasteiger partial charge in [-0.05, 0) is 43.9 Å². The molecule has 1 fully saturated rings. The normalized spacial score (nSPS) is 19.0. The quantitative estimate of drug-likeness (QED) is 0.604. The topological polar surface area (TPSA) is 99.4 Å². The molecule has 1 aliphatic carbocycles. The lowest BCUT2D eigenvalue weighted by Gasteiger charge is -2.31. The molecule has 3 aromatic rings. The summed E-state index contributed by atoms with van der Waals surface area (Å²) >= 11 is 1.22. The second-order valence-corrected chi connectivity index (χ2v) is 8.30. The molecule has 1 amide bonds. The van der Waals surface area contributed by atoms with Crippen molar-refractivity contribution in [3.63, 3.8) is 0 Å². The number of fused-ring (bicyclic) bond motifs is 1. The number of thiophene rings is 1. The lowest BCUT2D eigenvalue weighted by molar-refractivity contribution is -0.0227. The van der Waals surface area contributed by atoms with Crippen molar-refractivity contribution in [1.29, 1.82) is 0 Å². The number of aromatic nitrogens is 2. The Kier molecular flexibility index (Phi) is 5.83. The number of anilines is 2. The van der Waals surface area contributed by atoms with Gasteiger partial charge in [0, 0.05) is 13.2 Å². The third-order valence-corrected chi connectivity index (χ3v) is 6.58. The molecule has 0 saturated heterocycles. The van der Waals surface area contributed by atoms with Crippen molar-refractivity contribution in [3.05, 3.63) is 40.8 Å². The summed E-state index contributed by atoms with van der Waals surface area (Å²) in [5.41, 5.74) is 6.76. The van der Waals surface area contributed by atoms with Crippen molar-refractivity contribution in [3.8, 4) is 5.75 Å². The first kappa shape index (κ1) is 20.5. The fourth-order valence-electron chi connectivity index (χ4n) is 3.86. The van der Waals surface area contributed by atoms with Crippen molar-refractivity contribution in [2.45, 2.75) is 44.8 Å². The SMILES string of the molecule is CO[C@H]1CCCC[C@@H]1Oc1cc(F)ccc1Nc1ncnc2sc(C(N)=O)c(C)c12. The Hall–Kier alpha value is -2.78. The maximum Gasteiger partial charge on any atom is 0.259 e. The average molecular weight is 431 g/mol. The zero-order valence-electron chi connectivity index (χ0n) is 16.8. The molecule has 0 radical (unpaired) electrons. The highest BCUT2D eigenvalue weighted by atomic mass is 32.1. The van der Waals surface area contributed by atoms with Crippen LogP contribution in [-0.4, -0.2) is 35.2 Å². The minimum atomic E-state index is -0.504. The van der Waals surface area contributed by atoms with Crippen LogP contribution in [0.5, 0.6) is 5.75 Å². The number of hydrogen-bond acceptors (Lipinski definition) is 7. The van der Waals surface area contributed by atoms with Gasteiger partial charge in [-0.1, -0.05) is 6.42 Å². The van der Waals surface area contributed by atoms with Crippen LogP contribution in [0.2, 0.25) is 0 Å². The first-order chi connectivity index (χ1) is 14.5. The summed E-state index contributed by atoms with van der Waals surface area (Å²) in [4.78, 5) is 21.4. The van der Waals surface area contributed by atoms with Crippen LogP contribution >= 0.6 is 11.3 Å². The van der Waals surface area contributed by atoms with Gasteiger partial charge < -0.3 is 20.5 Å². The van der Waals surface area contributed by atoms with E-state index in [1.807, 2.05) is 0 Å². The number of rotatable bonds is 6. The number of amides is 1. The predicted octanol–water partition coefficient (Wildman–Crippen LogP) is 4.32. The van der Waals surface area contributed by atoms with Crippen molar-refractivity contribution in [1.82, 2.24) is 9.97 Å². The van der Waals surface area contributed by atoms with Gasteiger partial charge in [-0.2, -0.15) is 0 Å². The molecule has 9 heteroatoms. The Bertz CT molecular complexity index is 1090. The zero-order valence-corrected chi connectivity index (χ0v) is 17.6. The number of nitrogens with two attached hydrogens (primary N) is 1. The highest BCUT2D eigenvalue weighted by Crippen LogP contribution is 2.37. The van der Waals surface area contributed by atoms with Crippen LogP contribution in [-0.2, 0) is 4.74 Å². The average Bonchev–Trinajstić information content (AvgIpc) is 3.08. The molecule has 158 valence electrons. The largest absolute Gasteiger partial charge is 0.485 e. The molecule has 2 heterocycles. The van der Waals surface area contributed by atoms with Crippen molar-refractivity contribution < 1.29 is 18.7 Å². The Balaban J connectivity index is 1.70. The smallest absolute Gasteiger partial charge is 0.259 e. The van der Waals surface area contributed by atoms with Gasteiger partial charge in [0.1, 0.15) is 34.6 Å². The minimum absolute atomic E-state index is 0.0298. The molecule has 3 N–H and O–H groups in total. The standard InChI is InChI=1S/C21H23FN4O3S/c1-11-17-20(24-10-25-21(17)30-18(11)19(23)27)26-13-8-7-12(22)9-16(13)29-15-6-4-3-5-14(15)28-2/h7-10,14-15H,3-6H2,1-2H3,(H2,23,27)(H,24,25,26)/t14-,15-/m0/s1. The molecule has 1 aliphatic rings. The second-order valence-electron chi connectivity index (χ2n) is 7.30. The fourth-order valence-corrected chi connectivity index (χ4v) is 4.86. The molecule has 1 aromatic carbocycles. The molecule has 0 aliphatic heterocycles. The first-order valence-corrected chi connectivity index (χ1v) is 10.6. The maximum absolute atomic E-state index is 14.0. The number of ether oxygens (including phenoxy) is 2. The number of benzene rings is 1. The van der Waals surface area contributed by atoms with Crippen LogP contribution in [0, 0.1) is 12.7 Å². The number of halogens is 1. The summed E-state index contributed by atoms with van der Waals surface area (Å²) < 4.78 is 25.8. The molecule has 7 nitrogen and oxygen atoms in total. The molecular weight excluding hydrogens is 407 g/mol. The van der Waals surface area contributed by atoms with Crippen LogP contribution in [0.1, 0.15) is 40.9 Å². The molecule has 1 saturated carbocycles. The van der Waals surface area contributed by atoms with Crippen molar-refractivity contribution in [2.24, 2.45) is 5.73 Å². The van der Waals surface area contributed by atoms with E-state index < -0.39 is 11.7 Å². The lowest BCUT2D eigenvalue weighted by Crippen LogP contribution is -2.36. The Morgan fingerprint density at radius 3 is 2.77 bits per heavy atom. The molecule has 0 bridgehead atoms. The zero-order chi connectivity index (χ0) is 21.3. The Morgan fingerprint density at radius 1 is 1.27 bits per heavy atom. The molecule has 2 aromatic heterocycles. The van der Waals surface area contributed by atoms with Gasteiger partial charge in [-0.15, -0.1) is 11.3 Å². The Labute approximate surface area is 177 Å². The van der Waals surface area contributed by atoms with Gasteiger partial charge in [0.15, 0.2) is 0 Å². The van der Waals surface area contributed by atoms with E-state index in [2.05, 4.69) is 15.3 Å². The number of carbonyl (C=O) groups is 1. The van der Waals surface area contributed by atoms with Crippen LogP contribution in [0.4, 0.5) is 15.9 Å². The number of methoxy groups -OCH3 is 1. The van der Waals surface area contributed by atoms with E-state index >= 15 is 0 Å². The molecule has 30 heavy (non-hydrogen) atoms. The highest BCUT2D eigenvalue weighted by Gasteiger charge is 2.28. The third-order valence-electron chi connectivity index (χ3n) is 5.37. The lowest BCUT2D eigenvalue weighted by atomic mass is 9.94. The molecular formula is C21H23FN4O3S. The van der Waals surface area contributed by atoms with Crippen molar-refractivity contribution >= 4 is 39.0 Å². The number of nitrogens with one attached hydrogen (secondary N) is 1.